The lowest BCUT2D eigenvalue weighted by Crippen LogP contribution is -1.97. The molecule has 0 N–H and O–H groups in total. The quantitative estimate of drug-likeness (QED) is 0.370. The Kier molecular flexibility index (Phi) is 12.5. The predicted molar refractivity (Wildman–Crippen MR) is 153 cm³/mol. The van der Waals surface area contributed by atoms with Gasteiger partial charge >= 0.3 is 0 Å². The molecule has 0 bridgehead atoms. The minimum absolute atomic E-state index is 0.569. The van der Waals surface area contributed by atoms with Crippen LogP contribution < -0.4 is 0 Å². The summed E-state index contributed by atoms with van der Waals surface area (Å²) in [5, 5.41) is 0. The molecule has 0 spiro atoms. The third-order valence-corrected chi connectivity index (χ3v) is 5.53. The van der Waals surface area contributed by atoms with E-state index in [1.807, 2.05) is 13.8 Å². The van der Waals surface area contributed by atoms with E-state index in [1.165, 1.54) is 57.4 Å². The van der Waals surface area contributed by atoms with Crippen LogP contribution in [0.25, 0.3) is 22.3 Å². The second-order valence-corrected chi connectivity index (χ2v) is 8.63. The Bertz CT molecular complexity index is 979. The number of rotatable bonds is 2. The predicted octanol–water partition coefficient (Wildman–Crippen LogP) is 10.9. The summed E-state index contributed by atoms with van der Waals surface area (Å²) in [7, 11) is 0. The van der Waals surface area contributed by atoms with Crippen molar-refractivity contribution in [2.45, 2.75) is 81.1 Å². The number of fused-ring (bicyclic) bond motifs is 3. The Morgan fingerprint density at radius 2 is 1.30 bits per heavy atom. The van der Waals surface area contributed by atoms with Gasteiger partial charge in [0.15, 0.2) is 0 Å². The van der Waals surface area contributed by atoms with Gasteiger partial charge in [0.05, 0.1) is 0 Å². The molecule has 0 fully saturated rings. The summed E-state index contributed by atoms with van der Waals surface area (Å²) < 4.78 is 0. The van der Waals surface area contributed by atoms with Crippen molar-refractivity contribution >= 4 is 11.1 Å². The molecule has 0 radical (unpaired) electrons. The van der Waals surface area contributed by atoms with E-state index < -0.39 is 0 Å². The highest BCUT2D eigenvalue weighted by Crippen LogP contribution is 2.44. The molecule has 0 heteroatoms. The van der Waals surface area contributed by atoms with Gasteiger partial charge in [-0.15, -0.1) is 0 Å². The summed E-state index contributed by atoms with van der Waals surface area (Å²) in [5.74, 6) is 0.569. The highest BCUT2D eigenvalue weighted by molar-refractivity contribution is 6.01. The van der Waals surface area contributed by atoms with Crippen LogP contribution in [0.4, 0.5) is 0 Å². The van der Waals surface area contributed by atoms with E-state index in [0.717, 1.165) is 18.4 Å². The van der Waals surface area contributed by atoms with Gasteiger partial charge < -0.3 is 0 Å². The first-order valence-electron chi connectivity index (χ1n) is 12.9. The van der Waals surface area contributed by atoms with Crippen molar-refractivity contribution in [2.24, 2.45) is 5.92 Å². The van der Waals surface area contributed by atoms with Gasteiger partial charge in [0.1, 0.15) is 0 Å². The van der Waals surface area contributed by atoms with Crippen molar-refractivity contribution in [3.05, 3.63) is 95.6 Å². The van der Waals surface area contributed by atoms with E-state index in [2.05, 4.69) is 109 Å². The summed E-state index contributed by atoms with van der Waals surface area (Å²) in [4.78, 5) is 0. The monoisotopic (exact) mass is 442 g/mol. The Hall–Kier alpha value is -2.60. The summed E-state index contributed by atoms with van der Waals surface area (Å²) in [6.45, 7) is 25.7. The van der Waals surface area contributed by atoms with E-state index >= 15 is 0 Å². The Morgan fingerprint density at radius 3 is 1.88 bits per heavy atom. The van der Waals surface area contributed by atoms with Crippen LogP contribution in [0.1, 0.15) is 97.8 Å². The maximum absolute atomic E-state index is 4.35. The second-order valence-electron chi connectivity index (χ2n) is 8.63. The van der Waals surface area contributed by atoms with Gasteiger partial charge in [0, 0.05) is 0 Å². The zero-order valence-corrected chi connectivity index (χ0v) is 22.5. The SMILES string of the molecule is C=C1C=C(c2ccc3c(c2)C(=C)c2ccccc2-3)C=C(CC)C(C)C1.CC.CCC.CCC. The zero-order valence-electron chi connectivity index (χ0n) is 22.5. The second kappa shape index (κ2) is 14.5. The maximum atomic E-state index is 4.35. The lowest BCUT2D eigenvalue weighted by atomic mass is 9.93. The molecule has 0 saturated heterocycles. The molecule has 0 nitrogen and oxygen atoms in total. The Labute approximate surface area is 204 Å². The number of hydrogen-bond acceptors (Lipinski definition) is 0. The zero-order chi connectivity index (χ0) is 25.0. The molecule has 2 aliphatic carbocycles. The minimum Gasteiger partial charge on any atom is -0.0958 e. The number of benzene rings is 2. The molecule has 178 valence electrons. The van der Waals surface area contributed by atoms with Crippen molar-refractivity contribution in [3.8, 4) is 11.1 Å². The molecule has 0 saturated carbocycles. The lowest BCUT2D eigenvalue weighted by molar-refractivity contribution is 0.660. The molecular formula is C33H46. The highest BCUT2D eigenvalue weighted by atomic mass is 14.3. The number of allylic oxidation sites excluding steroid dienone is 5. The van der Waals surface area contributed by atoms with Gasteiger partial charge in [-0.1, -0.05) is 141 Å². The van der Waals surface area contributed by atoms with E-state index in [-0.39, 0.29) is 0 Å². The van der Waals surface area contributed by atoms with Crippen molar-refractivity contribution in [2.75, 3.05) is 0 Å². The molecule has 0 aromatic heterocycles. The molecule has 0 aliphatic heterocycles. The normalized spacial score (nSPS) is 15.7. The first kappa shape index (κ1) is 28.4. The topological polar surface area (TPSA) is 0 Å². The van der Waals surface area contributed by atoms with Gasteiger partial charge in [-0.05, 0) is 63.8 Å². The van der Waals surface area contributed by atoms with Gasteiger partial charge in [-0.25, -0.2) is 0 Å². The Morgan fingerprint density at radius 1 is 0.758 bits per heavy atom. The average molecular weight is 443 g/mol. The molecule has 2 aromatic carbocycles. The van der Waals surface area contributed by atoms with Gasteiger partial charge in [0.25, 0.3) is 0 Å². The van der Waals surface area contributed by atoms with Crippen LogP contribution >= 0.6 is 0 Å². The number of hydrogen-bond donors (Lipinski definition) is 0. The fourth-order valence-corrected chi connectivity index (χ4v) is 4.14. The van der Waals surface area contributed by atoms with Crippen molar-refractivity contribution < 1.29 is 0 Å². The summed E-state index contributed by atoms with van der Waals surface area (Å²) >= 11 is 0. The van der Waals surface area contributed by atoms with Crippen LogP contribution in [0.3, 0.4) is 0 Å². The van der Waals surface area contributed by atoms with Crippen LogP contribution in [0.5, 0.6) is 0 Å². The van der Waals surface area contributed by atoms with Crippen LogP contribution in [0, 0.1) is 5.92 Å². The molecular weight excluding hydrogens is 396 g/mol. The van der Waals surface area contributed by atoms with Gasteiger partial charge in [-0.2, -0.15) is 0 Å². The lowest BCUT2D eigenvalue weighted by Gasteiger charge is -2.12. The first-order valence-corrected chi connectivity index (χ1v) is 12.9. The molecule has 1 atom stereocenters. The molecule has 2 aromatic rings. The fourth-order valence-electron chi connectivity index (χ4n) is 4.14. The van der Waals surface area contributed by atoms with Gasteiger partial charge in [0.2, 0.25) is 0 Å². The molecule has 1 unspecified atom stereocenters. The van der Waals surface area contributed by atoms with Crippen molar-refractivity contribution in [3.63, 3.8) is 0 Å². The minimum atomic E-state index is 0.569. The molecule has 2 aliphatic rings. The van der Waals surface area contributed by atoms with Crippen LogP contribution in [0.2, 0.25) is 0 Å². The van der Waals surface area contributed by atoms with E-state index in [9.17, 15) is 0 Å². The average Bonchev–Trinajstić information content (AvgIpc) is 3.00. The van der Waals surface area contributed by atoms with Crippen LogP contribution in [-0.4, -0.2) is 0 Å². The van der Waals surface area contributed by atoms with Crippen LogP contribution in [0.15, 0.2) is 78.9 Å². The fraction of sp³-hybridized carbons (Fsp3) is 0.394. The summed E-state index contributed by atoms with van der Waals surface area (Å²) in [6, 6.07) is 15.3. The van der Waals surface area contributed by atoms with Crippen molar-refractivity contribution in [1.82, 2.24) is 0 Å². The van der Waals surface area contributed by atoms with Crippen molar-refractivity contribution in [1.29, 1.82) is 0 Å². The summed E-state index contributed by atoms with van der Waals surface area (Å²) in [6.07, 6.45) is 9.27. The first-order chi connectivity index (χ1) is 15.9. The smallest absolute Gasteiger partial charge is 0.00987 e. The summed E-state index contributed by atoms with van der Waals surface area (Å²) in [5.41, 5.74) is 11.5. The van der Waals surface area contributed by atoms with E-state index in [4.69, 9.17) is 0 Å². The third-order valence-electron chi connectivity index (χ3n) is 5.53. The molecule has 4 rings (SSSR count). The van der Waals surface area contributed by atoms with Gasteiger partial charge in [-0.3, -0.25) is 0 Å². The highest BCUT2D eigenvalue weighted by Gasteiger charge is 2.22. The standard InChI is InChI=1S/C25H24.2C3H8.C2H6/c1-5-19-14-21(13-16(2)12-17(19)3)20-10-11-24-23-9-7-6-8-22(23)18(4)25(24)15-20;2*1-3-2;1-2/h6-11,13-15,17H,2,4-5,12H2,1,3H3;2*3H2,1-2H3;1-2H3. The van der Waals surface area contributed by atoms with E-state index in [0.29, 0.717) is 5.92 Å². The molecule has 33 heavy (non-hydrogen) atoms. The van der Waals surface area contributed by atoms with Crippen LogP contribution in [-0.2, 0) is 0 Å². The third kappa shape index (κ3) is 7.19. The Balaban J connectivity index is 0.000000605. The molecule has 0 heterocycles. The largest absolute Gasteiger partial charge is 0.0958 e. The molecule has 0 amide bonds. The van der Waals surface area contributed by atoms with E-state index in [1.54, 1.807) is 0 Å². The maximum Gasteiger partial charge on any atom is -0.00987 e.